The number of benzene rings is 1. The minimum atomic E-state index is 0.318. The molecule has 0 amide bonds. The maximum atomic E-state index is 8.69. The topological polar surface area (TPSA) is 42.2 Å². The monoisotopic (exact) mass is 201 g/mol. The molecule has 76 valence electrons. The fourth-order valence-electron chi connectivity index (χ4n) is 1.04. The molecule has 1 aromatic rings. The number of nitrogens with zero attached hydrogens (tertiary/aromatic N) is 1. The zero-order valence-corrected chi connectivity index (χ0v) is 8.70. The highest BCUT2D eigenvalue weighted by Gasteiger charge is 2.04. The lowest BCUT2D eigenvalue weighted by atomic mass is 10.2. The van der Waals surface area contributed by atoms with E-state index in [0.29, 0.717) is 23.7 Å². The standard InChI is InChI=1S/C12H11NO2/c1-3-4-7-15-11-6-5-10(9-13)8-12(11)14-2/h5-6,8H,7H2,1-2H3. The molecule has 0 radical (unpaired) electrons. The summed E-state index contributed by atoms with van der Waals surface area (Å²) in [5, 5.41) is 8.69. The van der Waals surface area contributed by atoms with Crippen LogP contribution in [0.25, 0.3) is 0 Å². The molecule has 15 heavy (non-hydrogen) atoms. The van der Waals surface area contributed by atoms with Gasteiger partial charge in [0.2, 0.25) is 0 Å². The van der Waals surface area contributed by atoms with E-state index >= 15 is 0 Å². The summed E-state index contributed by atoms with van der Waals surface area (Å²) in [7, 11) is 1.54. The van der Waals surface area contributed by atoms with Gasteiger partial charge in [0.1, 0.15) is 6.61 Å². The molecular formula is C12H11NO2. The molecule has 0 heterocycles. The van der Waals surface area contributed by atoms with Gasteiger partial charge in [0.05, 0.1) is 18.7 Å². The van der Waals surface area contributed by atoms with Gasteiger partial charge in [-0.05, 0) is 19.1 Å². The average molecular weight is 201 g/mol. The van der Waals surface area contributed by atoms with Crippen molar-refractivity contribution in [2.45, 2.75) is 6.92 Å². The van der Waals surface area contributed by atoms with Crippen molar-refractivity contribution in [2.24, 2.45) is 0 Å². The first-order valence-electron chi connectivity index (χ1n) is 4.42. The number of nitriles is 1. The fraction of sp³-hybridized carbons (Fsp3) is 0.250. The van der Waals surface area contributed by atoms with Gasteiger partial charge in [-0.2, -0.15) is 5.26 Å². The van der Waals surface area contributed by atoms with Crippen LogP contribution in [-0.4, -0.2) is 13.7 Å². The molecule has 0 saturated heterocycles. The minimum absolute atomic E-state index is 0.318. The molecule has 0 aliphatic rings. The highest BCUT2D eigenvalue weighted by molar-refractivity contribution is 5.46. The number of ether oxygens (including phenoxy) is 2. The van der Waals surface area contributed by atoms with Crippen molar-refractivity contribution >= 4 is 0 Å². The molecule has 0 aliphatic heterocycles. The Hall–Kier alpha value is -2.13. The van der Waals surface area contributed by atoms with E-state index < -0.39 is 0 Å². The summed E-state index contributed by atoms with van der Waals surface area (Å²) in [5.41, 5.74) is 0.542. The van der Waals surface area contributed by atoms with Gasteiger partial charge in [0.15, 0.2) is 11.5 Å². The van der Waals surface area contributed by atoms with Gasteiger partial charge in [-0.15, -0.1) is 5.92 Å². The van der Waals surface area contributed by atoms with Crippen molar-refractivity contribution in [1.82, 2.24) is 0 Å². The van der Waals surface area contributed by atoms with E-state index in [0.717, 1.165) is 0 Å². The van der Waals surface area contributed by atoms with Gasteiger partial charge in [0, 0.05) is 6.07 Å². The first kappa shape index (κ1) is 10.9. The highest BCUT2D eigenvalue weighted by Crippen LogP contribution is 2.27. The van der Waals surface area contributed by atoms with Crippen LogP contribution >= 0.6 is 0 Å². The zero-order chi connectivity index (χ0) is 11.1. The average Bonchev–Trinajstić information content (AvgIpc) is 2.29. The number of hydrogen-bond acceptors (Lipinski definition) is 3. The Morgan fingerprint density at radius 3 is 2.73 bits per heavy atom. The van der Waals surface area contributed by atoms with Gasteiger partial charge >= 0.3 is 0 Å². The summed E-state index contributed by atoms with van der Waals surface area (Å²) in [6.07, 6.45) is 0. The van der Waals surface area contributed by atoms with Crippen molar-refractivity contribution in [1.29, 1.82) is 5.26 Å². The summed E-state index contributed by atoms with van der Waals surface area (Å²) in [6, 6.07) is 7.05. The Morgan fingerprint density at radius 2 is 2.13 bits per heavy atom. The largest absolute Gasteiger partial charge is 0.493 e. The van der Waals surface area contributed by atoms with Crippen LogP contribution in [-0.2, 0) is 0 Å². The summed E-state index contributed by atoms with van der Waals surface area (Å²) < 4.78 is 10.5. The third-order valence-corrected chi connectivity index (χ3v) is 1.77. The molecule has 1 rings (SSSR count). The van der Waals surface area contributed by atoms with Gasteiger partial charge < -0.3 is 9.47 Å². The highest BCUT2D eigenvalue weighted by atomic mass is 16.5. The van der Waals surface area contributed by atoms with Crippen molar-refractivity contribution in [3.8, 4) is 29.4 Å². The summed E-state index contributed by atoms with van der Waals surface area (Å²) in [5.74, 6) is 6.66. The normalized spacial score (nSPS) is 8.33. The van der Waals surface area contributed by atoms with E-state index in [1.807, 2.05) is 6.07 Å². The molecule has 3 heteroatoms. The molecule has 0 fully saturated rings. The third-order valence-electron chi connectivity index (χ3n) is 1.77. The second kappa shape index (κ2) is 5.57. The van der Waals surface area contributed by atoms with Crippen molar-refractivity contribution in [3.05, 3.63) is 23.8 Å². The predicted octanol–water partition coefficient (Wildman–Crippen LogP) is 1.97. The Kier molecular flexibility index (Phi) is 4.06. The molecule has 0 spiro atoms. The number of hydrogen-bond donors (Lipinski definition) is 0. The number of rotatable bonds is 3. The van der Waals surface area contributed by atoms with Gasteiger partial charge in [0.25, 0.3) is 0 Å². The molecule has 0 aromatic heterocycles. The molecule has 1 aromatic carbocycles. The van der Waals surface area contributed by atoms with Crippen LogP contribution in [0.1, 0.15) is 12.5 Å². The van der Waals surface area contributed by atoms with Crippen LogP contribution in [0, 0.1) is 23.2 Å². The molecule has 0 atom stereocenters. The first-order chi connectivity index (χ1) is 7.31. The predicted molar refractivity (Wildman–Crippen MR) is 56.7 cm³/mol. The van der Waals surface area contributed by atoms with Crippen LogP contribution in [0.15, 0.2) is 18.2 Å². The summed E-state index contributed by atoms with van der Waals surface area (Å²) in [4.78, 5) is 0. The van der Waals surface area contributed by atoms with Crippen LogP contribution in [0.3, 0.4) is 0 Å². The van der Waals surface area contributed by atoms with Crippen LogP contribution in [0.4, 0.5) is 0 Å². The maximum Gasteiger partial charge on any atom is 0.162 e. The summed E-state index contributed by atoms with van der Waals surface area (Å²) >= 11 is 0. The Bertz CT molecular complexity index is 435. The van der Waals surface area contributed by atoms with Crippen LogP contribution < -0.4 is 9.47 Å². The first-order valence-corrected chi connectivity index (χ1v) is 4.42. The molecule has 0 saturated carbocycles. The van der Waals surface area contributed by atoms with E-state index in [1.165, 1.54) is 7.11 Å². The van der Waals surface area contributed by atoms with Gasteiger partial charge in [-0.1, -0.05) is 5.92 Å². The Labute approximate surface area is 89.2 Å². The minimum Gasteiger partial charge on any atom is -0.493 e. The van der Waals surface area contributed by atoms with Gasteiger partial charge in [-0.3, -0.25) is 0 Å². The molecule has 0 N–H and O–H groups in total. The molecule has 0 aliphatic carbocycles. The SMILES string of the molecule is CC#CCOc1ccc(C#N)cc1OC. The van der Waals surface area contributed by atoms with Crippen LogP contribution in [0.5, 0.6) is 11.5 Å². The molecule has 0 unspecified atom stereocenters. The lowest BCUT2D eigenvalue weighted by molar-refractivity contribution is 0.331. The summed E-state index contributed by atoms with van der Waals surface area (Å²) in [6.45, 7) is 2.07. The zero-order valence-electron chi connectivity index (χ0n) is 8.70. The quantitative estimate of drug-likeness (QED) is 0.702. The van der Waals surface area contributed by atoms with Crippen molar-refractivity contribution in [3.63, 3.8) is 0 Å². The second-order valence-corrected chi connectivity index (χ2v) is 2.69. The number of methoxy groups -OCH3 is 1. The lowest BCUT2D eigenvalue weighted by Crippen LogP contribution is -1.97. The van der Waals surface area contributed by atoms with Crippen molar-refractivity contribution in [2.75, 3.05) is 13.7 Å². The molecule has 0 bridgehead atoms. The lowest BCUT2D eigenvalue weighted by Gasteiger charge is -2.08. The van der Waals surface area contributed by atoms with Crippen molar-refractivity contribution < 1.29 is 9.47 Å². The van der Waals surface area contributed by atoms with Gasteiger partial charge in [-0.25, -0.2) is 0 Å². The van der Waals surface area contributed by atoms with E-state index in [2.05, 4.69) is 11.8 Å². The third kappa shape index (κ3) is 2.93. The van der Waals surface area contributed by atoms with E-state index in [9.17, 15) is 0 Å². The fourth-order valence-corrected chi connectivity index (χ4v) is 1.04. The smallest absolute Gasteiger partial charge is 0.162 e. The van der Waals surface area contributed by atoms with E-state index in [-0.39, 0.29) is 0 Å². The second-order valence-electron chi connectivity index (χ2n) is 2.69. The molecule has 3 nitrogen and oxygen atoms in total. The van der Waals surface area contributed by atoms with E-state index in [1.54, 1.807) is 25.1 Å². The van der Waals surface area contributed by atoms with Crippen LogP contribution in [0.2, 0.25) is 0 Å². The Morgan fingerprint density at radius 1 is 1.33 bits per heavy atom. The maximum absolute atomic E-state index is 8.69. The Balaban J connectivity index is 2.87. The molecular weight excluding hydrogens is 190 g/mol. The van der Waals surface area contributed by atoms with E-state index in [4.69, 9.17) is 14.7 Å².